The molecule has 3 aromatic heterocycles. The smallest absolute Gasteiger partial charge is 0.228 e. The van der Waals surface area contributed by atoms with Crippen LogP contribution >= 0.6 is 0 Å². The minimum Gasteiger partial charge on any atom is -0.383 e. The topological polar surface area (TPSA) is 118 Å². The average molecular weight is 435 g/mol. The molecule has 1 amide bonds. The number of nitrogens with two attached hydrogens (primary N) is 1. The lowest BCUT2D eigenvalue weighted by Crippen LogP contribution is -2.15. The second-order valence-electron chi connectivity index (χ2n) is 8.35. The Morgan fingerprint density at radius 2 is 2.03 bits per heavy atom. The van der Waals surface area contributed by atoms with Gasteiger partial charge in [0.2, 0.25) is 5.91 Å². The van der Waals surface area contributed by atoms with Gasteiger partial charge >= 0.3 is 0 Å². The Morgan fingerprint density at radius 3 is 2.82 bits per heavy atom. The number of aromatic nitrogens is 3. The summed E-state index contributed by atoms with van der Waals surface area (Å²) in [5, 5.41) is 13.2. The SMILES string of the molecule is Cc1ccnc(-c2ccccc2)c1-c1cc2cc(NC(=O)C3CC3CC#N)ncc2c(N)n1. The van der Waals surface area contributed by atoms with E-state index < -0.39 is 0 Å². The van der Waals surface area contributed by atoms with Crippen LogP contribution in [0.15, 0.2) is 60.9 Å². The van der Waals surface area contributed by atoms with Crippen molar-refractivity contribution in [3.8, 4) is 28.6 Å². The first kappa shape index (κ1) is 20.6. The molecule has 3 heterocycles. The zero-order valence-corrected chi connectivity index (χ0v) is 18.1. The number of carbonyl (C=O) groups excluding carboxylic acids is 1. The summed E-state index contributed by atoms with van der Waals surface area (Å²) in [6.07, 6.45) is 4.57. The number of hydrogen-bond donors (Lipinski definition) is 2. The molecule has 1 aliphatic carbocycles. The third kappa shape index (κ3) is 3.99. The van der Waals surface area contributed by atoms with E-state index in [2.05, 4.69) is 26.3 Å². The molecule has 0 aliphatic heterocycles. The molecule has 33 heavy (non-hydrogen) atoms. The van der Waals surface area contributed by atoms with Gasteiger partial charge in [-0.1, -0.05) is 30.3 Å². The predicted octanol–water partition coefficient (Wildman–Crippen LogP) is 4.74. The number of benzene rings is 1. The van der Waals surface area contributed by atoms with E-state index in [1.54, 1.807) is 12.4 Å². The maximum Gasteiger partial charge on any atom is 0.228 e. The van der Waals surface area contributed by atoms with Gasteiger partial charge < -0.3 is 11.1 Å². The van der Waals surface area contributed by atoms with Crippen molar-refractivity contribution in [1.29, 1.82) is 5.26 Å². The predicted molar refractivity (Wildman–Crippen MR) is 128 cm³/mol. The van der Waals surface area contributed by atoms with E-state index in [0.717, 1.165) is 34.2 Å². The summed E-state index contributed by atoms with van der Waals surface area (Å²) >= 11 is 0. The van der Waals surface area contributed by atoms with Crippen molar-refractivity contribution in [2.45, 2.75) is 19.8 Å². The zero-order valence-electron chi connectivity index (χ0n) is 18.1. The van der Waals surface area contributed by atoms with Gasteiger partial charge in [-0.05, 0) is 48.4 Å². The molecular weight excluding hydrogens is 412 g/mol. The Morgan fingerprint density at radius 1 is 1.21 bits per heavy atom. The maximum atomic E-state index is 12.5. The van der Waals surface area contributed by atoms with E-state index >= 15 is 0 Å². The number of hydrogen-bond acceptors (Lipinski definition) is 6. The number of nitrogens with one attached hydrogen (secondary N) is 1. The molecule has 1 fully saturated rings. The van der Waals surface area contributed by atoms with Crippen LogP contribution in [0.2, 0.25) is 0 Å². The number of nitrogens with zero attached hydrogens (tertiary/aromatic N) is 4. The molecule has 162 valence electrons. The van der Waals surface area contributed by atoms with Gasteiger partial charge in [0, 0.05) is 41.2 Å². The number of carbonyl (C=O) groups is 1. The van der Waals surface area contributed by atoms with E-state index in [9.17, 15) is 4.79 Å². The third-order valence-electron chi connectivity index (χ3n) is 6.07. The van der Waals surface area contributed by atoms with Crippen molar-refractivity contribution in [1.82, 2.24) is 15.0 Å². The largest absolute Gasteiger partial charge is 0.383 e. The lowest BCUT2D eigenvalue weighted by molar-refractivity contribution is -0.117. The highest BCUT2D eigenvalue weighted by atomic mass is 16.2. The fraction of sp³-hybridized carbons (Fsp3) is 0.192. The first-order chi connectivity index (χ1) is 16.0. The summed E-state index contributed by atoms with van der Waals surface area (Å²) in [4.78, 5) is 26.1. The highest BCUT2D eigenvalue weighted by Crippen LogP contribution is 2.41. The summed E-state index contributed by atoms with van der Waals surface area (Å²) in [5.74, 6) is 0.752. The standard InChI is InChI=1S/C26H22N6O/c1-15-8-10-29-24(16-5-3-2-4-6-16)23(15)21-12-18-13-22(30-14-20(18)25(28)31-21)32-26(33)19-11-17(19)7-9-27/h2-6,8,10,12-14,17,19H,7,11H2,1H3,(H2,28,31)(H,30,32,33). The summed E-state index contributed by atoms with van der Waals surface area (Å²) in [7, 11) is 0. The number of aryl methyl sites for hydroxylation is 1. The Balaban J connectivity index is 1.54. The Labute approximate surface area is 191 Å². The van der Waals surface area contributed by atoms with Crippen LogP contribution in [0.4, 0.5) is 11.6 Å². The molecule has 0 radical (unpaired) electrons. The molecule has 0 spiro atoms. The molecule has 2 atom stereocenters. The quantitative estimate of drug-likeness (QED) is 0.468. The molecule has 0 saturated heterocycles. The number of fused-ring (bicyclic) bond motifs is 1. The summed E-state index contributed by atoms with van der Waals surface area (Å²) in [6.45, 7) is 2.02. The van der Waals surface area contributed by atoms with Crippen LogP contribution in [-0.2, 0) is 4.79 Å². The van der Waals surface area contributed by atoms with Crippen molar-refractivity contribution < 1.29 is 4.79 Å². The van der Waals surface area contributed by atoms with Gasteiger partial charge in [-0.2, -0.15) is 5.26 Å². The molecule has 0 bridgehead atoms. The van der Waals surface area contributed by atoms with Crippen LogP contribution in [0.25, 0.3) is 33.3 Å². The monoisotopic (exact) mass is 434 g/mol. The molecule has 1 aliphatic rings. The first-order valence-corrected chi connectivity index (χ1v) is 10.8. The molecule has 1 saturated carbocycles. The van der Waals surface area contributed by atoms with Crippen molar-refractivity contribution in [3.63, 3.8) is 0 Å². The van der Waals surface area contributed by atoms with Gasteiger partial charge in [0.25, 0.3) is 0 Å². The number of rotatable bonds is 5. The molecule has 7 nitrogen and oxygen atoms in total. The minimum atomic E-state index is -0.119. The van der Waals surface area contributed by atoms with Crippen LogP contribution in [0, 0.1) is 30.1 Å². The Kier molecular flexibility index (Phi) is 5.19. The number of nitrogen functional groups attached to an aromatic ring is 1. The van der Waals surface area contributed by atoms with E-state index in [0.29, 0.717) is 29.1 Å². The molecule has 4 aromatic rings. The fourth-order valence-electron chi connectivity index (χ4n) is 4.20. The third-order valence-corrected chi connectivity index (χ3v) is 6.07. The van der Waals surface area contributed by atoms with Crippen molar-refractivity contribution >= 4 is 28.3 Å². The van der Waals surface area contributed by atoms with Crippen LogP contribution in [0.1, 0.15) is 18.4 Å². The summed E-state index contributed by atoms with van der Waals surface area (Å²) in [6, 6.07) is 17.8. The highest BCUT2D eigenvalue weighted by molar-refractivity contribution is 5.99. The Bertz CT molecular complexity index is 1410. The Hall–Kier alpha value is -4.31. The maximum absolute atomic E-state index is 12.5. The molecule has 1 aromatic carbocycles. The van der Waals surface area contributed by atoms with Crippen LogP contribution in [0.5, 0.6) is 0 Å². The van der Waals surface area contributed by atoms with E-state index in [4.69, 9.17) is 11.0 Å². The highest BCUT2D eigenvalue weighted by Gasteiger charge is 2.42. The van der Waals surface area contributed by atoms with Crippen molar-refractivity contribution in [3.05, 3.63) is 66.5 Å². The number of anilines is 2. The molecule has 5 rings (SSSR count). The van der Waals surface area contributed by atoms with Crippen LogP contribution in [0.3, 0.4) is 0 Å². The fourth-order valence-corrected chi connectivity index (χ4v) is 4.20. The number of pyridine rings is 3. The first-order valence-electron chi connectivity index (χ1n) is 10.8. The summed E-state index contributed by atoms with van der Waals surface area (Å²) in [5.41, 5.74) is 10.8. The lowest BCUT2D eigenvalue weighted by Gasteiger charge is -2.14. The van der Waals surface area contributed by atoms with Gasteiger partial charge in [0.1, 0.15) is 11.6 Å². The van der Waals surface area contributed by atoms with Crippen molar-refractivity contribution in [2.75, 3.05) is 11.1 Å². The van der Waals surface area contributed by atoms with Gasteiger partial charge in [-0.3, -0.25) is 9.78 Å². The molecular formula is C26H22N6O. The van der Waals surface area contributed by atoms with Crippen molar-refractivity contribution in [2.24, 2.45) is 11.8 Å². The van der Waals surface area contributed by atoms with Crippen LogP contribution < -0.4 is 11.1 Å². The normalized spacial score (nSPS) is 16.8. The second kappa shape index (κ2) is 8.32. The number of amides is 1. The number of nitriles is 1. The van der Waals surface area contributed by atoms with Gasteiger partial charge in [0.05, 0.1) is 17.5 Å². The average Bonchev–Trinajstić information content (AvgIpc) is 3.59. The minimum absolute atomic E-state index is 0.0983. The molecule has 2 unspecified atom stereocenters. The molecule has 7 heteroatoms. The lowest BCUT2D eigenvalue weighted by atomic mass is 9.98. The van der Waals surface area contributed by atoms with Gasteiger partial charge in [-0.25, -0.2) is 9.97 Å². The second-order valence-corrected chi connectivity index (χ2v) is 8.35. The van der Waals surface area contributed by atoms with Gasteiger partial charge in [0.15, 0.2) is 0 Å². The summed E-state index contributed by atoms with van der Waals surface area (Å²) < 4.78 is 0. The zero-order chi connectivity index (χ0) is 22.9. The van der Waals surface area contributed by atoms with E-state index in [-0.39, 0.29) is 17.7 Å². The van der Waals surface area contributed by atoms with Crippen LogP contribution in [-0.4, -0.2) is 20.9 Å². The van der Waals surface area contributed by atoms with E-state index in [1.807, 2.05) is 55.5 Å². The molecule has 3 N–H and O–H groups in total. The van der Waals surface area contributed by atoms with Gasteiger partial charge in [-0.15, -0.1) is 0 Å². The van der Waals surface area contributed by atoms with E-state index in [1.165, 1.54) is 0 Å².